The molecule has 0 fully saturated rings. The third-order valence-electron chi connectivity index (χ3n) is 9.48. The summed E-state index contributed by atoms with van der Waals surface area (Å²) in [5.74, 6) is -0.250. The van der Waals surface area contributed by atoms with E-state index in [1.807, 2.05) is 27.2 Å². The summed E-state index contributed by atoms with van der Waals surface area (Å²) in [6, 6.07) is -0.901. The molecule has 0 aromatic carbocycles. The first-order valence-corrected chi connectivity index (χ1v) is 24.8. The third kappa shape index (κ3) is 43.3. The Hall–Kier alpha value is -2.84. The Labute approximate surface area is 368 Å². The van der Waals surface area contributed by atoms with Crippen molar-refractivity contribution in [1.82, 2.24) is 5.32 Å². The summed E-state index contributed by atoms with van der Waals surface area (Å²) in [4.78, 5) is 23.1. The van der Waals surface area contributed by atoms with Crippen LogP contribution in [-0.2, 0) is 18.4 Å². The largest absolute Gasteiger partial charge is 0.472 e. The van der Waals surface area contributed by atoms with Gasteiger partial charge in [0.05, 0.1) is 39.9 Å². The van der Waals surface area contributed by atoms with E-state index < -0.39 is 20.0 Å². The summed E-state index contributed by atoms with van der Waals surface area (Å²) in [6.45, 7) is 4.60. The summed E-state index contributed by atoms with van der Waals surface area (Å²) >= 11 is 0. The SMILES string of the molecule is CC/C=C\C/C=C\C/C=C\C/C=C\C/C=C\C/C=C\C/C=C\CCCC(=O)NC(COP(=O)(O)OCC[N+](C)(C)C)C(O)/C=C/CC/C=C/CCCCCCCCCCC. The average molecular weight is 856 g/mol. The van der Waals surface area contributed by atoms with Crippen LogP contribution in [0.2, 0.25) is 0 Å². The Morgan fingerprint density at radius 2 is 1.02 bits per heavy atom. The molecule has 0 spiro atoms. The molecule has 3 unspecified atom stereocenters. The lowest BCUT2D eigenvalue weighted by atomic mass is 10.1. The first kappa shape index (κ1) is 57.2. The number of nitrogens with zero attached hydrogens (tertiary/aromatic N) is 1. The number of carbonyl (C=O) groups excluding carboxylic acids is 1. The number of amides is 1. The molecule has 0 radical (unpaired) electrons. The molecule has 0 rings (SSSR count). The summed E-state index contributed by atoms with van der Waals surface area (Å²) in [7, 11) is 1.50. The van der Waals surface area contributed by atoms with Gasteiger partial charge in [-0.3, -0.25) is 13.8 Å². The Balaban J connectivity index is 4.57. The van der Waals surface area contributed by atoms with E-state index in [2.05, 4.69) is 116 Å². The minimum absolute atomic E-state index is 0.0387. The Kier molecular flexibility index (Phi) is 39.5. The fourth-order valence-corrected chi connectivity index (χ4v) is 6.54. The van der Waals surface area contributed by atoms with Gasteiger partial charge in [0.1, 0.15) is 13.2 Å². The molecule has 0 aliphatic carbocycles. The minimum atomic E-state index is -4.37. The fraction of sp³-hybridized carbons (Fsp3) is 0.627. The Bertz CT molecular complexity index is 1340. The molecule has 1 amide bonds. The lowest BCUT2D eigenvalue weighted by Crippen LogP contribution is -2.45. The van der Waals surface area contributed by atoms with Crippen LogP contribution >= 0.6 is 7.82 Å². The number of hydrogen-bond acceptors (Lipinski definition) is 5. The highest BCUT2D eigenvalue weighted by Crippen LogP contribution is 2.43. The average Bonchev–Trinajstić information content (AvgIpc) is 3.20. The molecule has 0 saturated carbocycles. The van der Waals surface area contributed by atoms with Crippen molar-refractivity contribution in [2.75, 3.05) is 40.9 Å². The van der Waals surface area contributed by atoms with Gasteiger partial charge in [0.25, 0.3) is 0 Å². The molecule has 0 saturated heterocycles. The molecule has 0 bridgehead atoms. The van der Waals surface area contributed by atoms with Gasteiger partial charge < -0.3 is 19.8 Å². The molecule has 0 aromatic heterocycles. The number of nitrogens with one attached hydrogen (secondary N) is 1. The van der Waals surface area contributed by atoms with Crippen LogP contribution in [0.15, 0.2) is 109 Å². The first-order valence-electron chi connectivity index (χ1n) is 23.3. The number of carbonyl (C=O) groups is 1. The van der Waals surface area contributed by atoms with Gasteiger partial charge in [-0.1, -0.05) is 175 Å². The number of phosphoric acid groups is 1. The summed E-state index contributed by atoms with van der Waals surface area (Å²) in [5, 5.41) is 13.8. The van der Waals surface area contributed by atoms with E-state index in [1.165, 1.54) is 57.8 Å². The minimum Gasteiger partial charge on any atom is -0.387 e. The predicted octanol–water partition coefficient (Wildman–Crippen LogP) is 13.3. The van der Waals surface area contributed by atoms with Crippen LogP contribution in [0.5, 0.6) is 0 Å². The molecular weight excluding hydrogens is 768 g/mol. The number of quaternary nitrogens is 1. The molecule has 0 aliphatic rings. The number of aliphatic hydroxyl groups is 1. The molecule has 8 nitrogen and oxygen atoms in total. The first-order chi connectivity index (χ1) is 29.0. The second-order valence-corrected chi connectivity index (χ2v) is 17.8. The second kappa shape index (κ2) is 41.5. The van der Waals surface area contributed by atoms with Crippen LogP contribution in [0.1, 0.15) is 155 Å². The van der Waals surface area contributed by atoms with E-state index in [4.69, 9.17) is 9.05 Å². The van der Waals surface area contributed by atoms with Gasteiger partial charge >= 0.3 is 7.82 Å². The zero-order valence-electron chi connectivity index (χ0n) is 38.6. The number of phosphoric ester groups is 1. The van der Waals surface area contributed by atoms with Crippen molar-refractivity contribution in [1.29, 1.82) is 0 Å². The number of unbranched alkanes of at least 4 members (excludes halogenated alkanes) is 11. The number of allylic oxidation sites excluding steroid dienone is 17. The zero-order chi connectivity index (χ0) is 44.3. The van der Waals surface area contributed by atoms with Crippen molar-refractivity contribution in [3.8, 4) is 0 Å². The molecular formula is C51H88N2O6P+. The molecule has 0 aromatic rings. The topological polar surface area (TPSA) is 105 Å². The van der Waals surface area contributed by atoms with Crippen molar-refractivity contribution in [2.24, 2.45) is 0 Å². The fourth-order valence-electron chi connectivity index (χ4n) is 5.81. The lowest BCUT2D eigenvalue weighted by molar-refractivity contribution is -0.870. The predicted molar refractivity (Wildman–Crippen MR) is 258 cm³/mol. The summed E-state index contributed by atoms with van der Waals surface area (Å²) < 4.78 is 23.5. The van der Waals surface area contributed by atoms with Crippen molar-refractivity contribution < 1.29 is 32.9 Å². The molecule has 60 heavy (non-hydrogen) atoms. The normalized spacial score (nSPS) is 15.2. The highest BCUT2D eigenvalue weighted by Gasteiger charge is 2.27. The van der Waals surface area contributed by atoms with Gasteiger partial charge in [-0.25, -0.2) is 4.57 Å². The molecule has 342 valence electrons. The van der Waals surface area contributed by atoms with E-state index >= 15 is 0 Å². The molecule has 3 atom stereocenters. The van der Waals surface area contributed by atoms with Gasteiger partial charge in [0.15, 0.2) is 0 Å². The van der Waals surface area contributed by atoms with Crippen LogP contribution in [0.25, 0.3) is 0 Å². The smallest absolute Gasteiger partial charge is 0.387 e. The Morgan fingerprint density at radius 1 is 0.583 bits per heavy atom. The second-order valence-electron chi connectivity index (χ2n) is 16.4. The van der Waals surface area contributed by atoms with Crippen molar-refractivity contribution >= 4 is 13.7 Å². The third-order valence-corrected chi connectivity index (χ3v) is 10.5. The maximum atomic E-state index is 12.9. The van der Waals surface area contributed by atoms with E-state index in [0.29, 0.717) is 17.4 Å². The van der Waals surface area contributed by atoms with Gasteiger partial charge in [-0.2, -0.15) is 0 Å². The standard InChI is InChI=1S/C51H87N2O6P/c1-6-8-10-12-14-16-18-20-22-23-24-25-26-27-28-29-31-33-35-37-39-41-43-45-51(55)52-49(48-59-60(56,57)58-47-46-53(3,4)5)50(54)44-42-40-38-36-34-32-30-21-19-17-15-13-11-9-7-2/h8,10,14,16,20,22,24-25,27-28,31,33-34,36-37,39,42,44,49-50,54H,6-7,9,11-13,15,17-19,21,23,26,29-30,32,35,38,40-41,43,45-48H2,1-5H3,(H-,52,55,56,57)/p+1/b10-8-,16-14-,22-20-,25-24-,28-27-,33-31-,36-34+,39-37-,44-42+. The van der Waals surface area contributed by atoms with Crippen LogP contribution in [-0.4, -0.2) is 73.4 Å². The van der Waals surface area contributed by atoms with Gasteiger partial charge in [-0.15, -0.1) is 0 Å². The zero-order valence-corrected chi connectivity index (χ0v) is 39.5. The monoisotopic (exact) mass is 856 g/mol. The maximum absolute atomic E-state index is 12.9. The molecule has 9 heteroatoms. The highest BCUT2D eigenvalue weighted by molar-refractivity contribution is 7.47. The number of hydrogen-bond donors (Lipinski definition) is 3. The van der Waals surface area contributed by atoms with Crippen LogP contribution in [0, 0.1) is 0 Å². The van der Waals surface area contributed by atoms with E-state index in [-0.39, 0.29) is 25.5 Å². The summed E-state index contributed by atoms with van der Waals surface area (Å²) in [6.07, 6.45) is 60.3. The van der Waals surface area contributed by atoms with Gasteiger partial charge in [0.2, 0.25) is 5.91 Å². The lowest BCUT2D eigenvalue weighted by Gasteiger charge is -2.25. The Morgan fingerprint density at radius 3 is 1.53 bits per heavy atom. The van der Waals surface area contributed by atoms with Crippen molar-refractivity contribution in [2.45, 2.75) is 167 Å². The summed E-state index contributed by atoms with van der Waals surface area (Å²) in [5.41, 5.74) is 0. The quantitative estimate of drug-likeness (QED) is 0.0245. The van der Waals surface area contributed by atoms with Crippen LogP contribution in [0.4, 0.5) is 0 Å². The molecule has 3 N–H and O–H groups in total. The molecule has 0 aliphatic heterocycles. The van der Waals surface area contributed by atoms with E-state index in [9.17, 15) is 19.4 Å². The van der Waals surface area contributed by atoms with Crippen molar-refractivity contribution in [3.05, 3.63) is 109 Å². The number of aliphatic hydroxyl groups excluding tert-OH is 1. The highest BCUT2D eigenvalue weighted by atomic mass is 31.2. The van der Waals surface area contributed by atoms with Gasteiger partial charge in [-0.05, 0) is 83.5 Å². The molecule has 0 heterocycles. The van der Waals surface area contributed by atoms with Gasteiger partial charge in [0, 0.05) is 6.42 Å². The van der Waals surface area contributed by atoms with Crippen LogP contribution < -0.4 is 5.32 Å². The maximum Gasteiger partial charge on any atom is 0.472 e. The van der Waals surface area contributed by atoms with Crippen molar-refractivity contribution in [3.63, 3.8) is 0 Å². The number of rotatable bonds is 40. The van der Waals surface area contributed by atoms with Crippen LogP contribution in [0.3, 0.4) is 0 Å². The van der Waals surface area contributed by atoms with E-state index in [1.54, 1.807) is 6.08 Å². The van der Waals surface area contributed by atoms with E-state index in [0.717, 1.165) is 70.6 Å². The number of likely N-dealkylation sites (N-methyl/N-ethyl adjacent to an activating group) is 1.